The number of hydrogen-bond acceptors (Lipinski definition) is 3. The van der Waals surface area contributed by atoms with E-state index < -0.39 is 17.8 Å². The first kappa shape index (κ1) is 19.6. The molecule has 28 heavy (non-hydrogen) atoms. The van der Waals surface area contributed by atoms with Crippen molar-refractivity contribution in [3.05, 3.63) is 75.4 Å². The van der Waals surface area contributed by atoms with E-state index in [1.54, 1.807) is 24.3 Å². The van der Waals surface area contributed by atoms with Crippen LogP contribution in [0.15, 0.2) is 53.5 Å². The zero-order chi connectivity index (χ0) is 20.4. The van der Waals surface area contributed by atoms with Gasteiger partial charge < -0.3 is 15.6 Å². The minimum absolute atomic E-state index is 0.0503. The molecule has 2 amide bonds. The first-order valence-electron chi connectivity index (χ1n) is 8.45. The molecule has 1 heterocycles. The number of aromatic nitrogens is 1. The number of carbonyl (C=O) groups excluding carboxylic acids is 2. The van der Waals surface area contributed by atoms with E-state index in [2.05, 4.69) is 5.32 Å². The van der Waals surface area contributed by atoms with Crippen molar-refractivity contribution in [3.8, 4) is 0 Å². The lowest BCUT2D eigenvalue weighted by atomic mass is 10.1. The predicted molar refractivity (Wildman–Crippen MR) is 106 cm³/mol. The molecule has 1 unspecified atom stereocenters. The molecule has 0 aliphatic carbocycles. The van der Waals surface area contributed by atoms with Crippen LogP contribution in [0.1, 0.15) is 18.5 Å². The number of halogens is 2. The number of amides is 2. The molecule has 0 saturated heterocycles. The minimum atomic E-state index is -0.796. The second-order valence-corrected chi connectivity index (χ2v) is 6.74. The predicted octanol–water partition coefficient (Wildman–Crippen LogP) is 3.02. The largest absolute Gasteiger partial charge is 0.368 e. The highest BCUT2D eigenvalue weighted by atomic mass is 35.5. The van der Waals surface area contributed by atoms with E-state index >= 15 is 0 Å². The molecule has 144 valence electrons. The van der Waals surface area contributed by atoms with Crippen molar-refractivity contribution in [2.75, 3.05) is 5.32 Å². The lowest BCUT2D eigenvalue weighted by molar-refractivity contribution is -0.120. The number of hydrogen-bond donors (Lipinski definition) is 2. The monoisotopic (exact) mass is 401 g/mol. The number of benzene rings is 2. The summed E-state index contributed by atoms with van der Waals surface area (Å²) in [6, 6.07) is 9.56. The third kappa shape index (κ3) is 3.89. The summed E-state index contributed by atoms with van der Waals surface area (Å²) in [6.07, 6.45) is 1.41. The Balaban J connectivity index is 1.91. The first-order chi connectivity index (χ1) is 13.3. The Morgan fingerprint density at radius 1 is 1.21 bits per heavy atom. The number of primary amides is 1. The lowest BCUT2D eigenvalue weighted by Gasteiger charge is -2.14. The Kier molecular flexibility index (Phi) is 5.46. The zero-order valence-electron chi connectivity index (χ0n) is 14.9. The Labute approximate surface area is 164 Å². The molecule has 8 heteroatoms. The Bertz CT molecular complexity index is 1140. The molecule has 3 rings (SSSR count). The Morgan fingerprint density at radius 2 is 1.96 bits per heavy atom. The van der Waals surface area contributed by atoms with E-state index in [4.69, 9.17) is 17.3 Å². The molecule has 3 aromatic rings. The van der Waals surface area contributed by atoms with Crippen LogP contribution in [0.5, 0.6) is 0 Å². The topological polar surface area (TPSA) is 94.2 Å². The third-order valence-corrected chi connectivity index (χ3v) is 4.79. The molecule has 3 N–H and O–H groups in total. The van der Waals surface area contributed by atoms with Crippen LogP contribution < -0.4 is 16.6 Å². The number of nitrogens with zero attached hydrogens (tertiary/aromatic N) is 1. The molecule has 1 aromatic heterocycles. The maximum atomic E-state index is 13.1. The number of rotatable bonds is 5. The second-order valence-electron chi connectivity index (χ2n) is 6.33. The molecule has 0 bridgehead atoms. The standard InChI is InChI=1S/C20H17ClFN3O3/c1-11(19(23)27)25-8-7-14-15(20(25)28)3-2-4-17(14)24-18(26)9-12-5-6-13(22)10-16(12)21/h2-8,10-11H,9H2,1H3,(H2,23,27)(H,24,26). The van der Waals surface area contributed by atoms with E-state index in [0.717, 1.165) is 6.07 Å². The molecule has 0 fully saturated rings. The van der Waals surface area contributed by atoms with E-state index in [1.165, 1.54) is 29.8 Å². The molecule has 1 atom stereocenters. The molecule has 0 aliphatic heterocycles. The van der Waals surface area contributed by atoms with E-state index in [0.29, 0.717) is 22.0 Å². The van der Waals surface area contributed by atoms with Gasteiger partial charge in [-0.15, -0.1) is 0 Å². The van der Waals surface area contributed by atoms with Gasteiger partial charge in [-0.1, -0.05) is 23.7 Å². The summed E-state index contributed by atoms with van der Waals surface area (Å²) in [6.45, 7) is 1.54. The highest BCUT2D eigenvalue weighted by Gasteiger charge is 2.16. The summed E-state index contributed by atoms with van der Waals surface area (Å²) in [4.78, 5) is 36.5. The van der Waals surface area contributed by atoms with Gasteiger partial charge in [0.15, 0.2) is 0 Å². The Hall–Kier alpha value is -3.19. The third-order valence-electron chi connectivity index (χ3n) is 4.44. The number of nitrogens with two attached hydrogens (primary N) is 1. The zero-order valence-corrected chi connectivity index (χ0v) is 15.7. The fourth-order valence-corrected chi connectivity index (χ4v) is 3.11. The smallest absolute Gasteiger partial charge is 0.259 e. The maximum Gasteiger partial charge on any atom is 0.259 e. The van der Waals surface area contributed by atoms with Crippen molar-refractivity contribution >= 4 is 39.9 Å². The minimum Gasteiger partial charge on any atom is -0.368 e. The summed E-state index contributed by atoms with van der Waals surface area (Å²) in [5.41, 5.74) is 5.82. The summed E-state index contributed by atoms with van der Waals surface area (Å²) in [7, 11) is 0. The molecular weight excluding hydrogens is 385 g/mol. The van der Waals surface area contributed by atoms with Crippen LogP contribution >= 0.6 is 11.6 Å². The van der Waals surface area contributed by atoms with Crippen LogP contribution in [-0.2, 0) is 16.0 Å². The van der Waals surface area contributed by atoms with Gasteiger partial charge in [0.05, 0.1) is 6.42 Å². The second kappa shape index (κ2) is 7.82. The van der Waals surface area contributed by atoms with Gasteiger partial charge in [-0.3, -0.25) is 14.4 Å². The fourth-order valence-electron chi connectivity index (χ4n) is 2.88. The first-order valence-corrected chi connectivity index (χ1v) is 8.82. The van der Waals surface area contributed by atoms with Crippen LogP contribution in [0.3, 0.4) is 0 Å². The van der Waals surface area contributed by atoms with Crippen LogP contribution in [0.4, 0.5) is 10.1 Å². The van der Waals surface area contributed by atoms with E-state index in [9.17, 15) is 18.8 Å². The van der Waals surface area contributed by atoms with Crippen LogP contribution in [0.2, 0.25) is 5.02 Å². The lowest BCUT2D eigenvalue weighted by Crippen LogP contribution is -2.31. The number of pyridine rings is 1. The molecule has 0 spiro atoms. The SMILES string of the molecule is CC(C(N)=O)n1ccc2c(NC(=O)Cc3ccc(F)cc3Cl)cccc2c1=O. The average molecular weight is 402 g/mol. The summed E-state index contributed by atoms with van der Waals surface area (Å²) in [5, 5.41) is 3.77. The highest BCUT2D eigenvalue weighted by Crippen LogP contribution is 2.23. The Morgan fingerprint density at radius 3 is 2.64 bits per heavy atom. The van der Waals surface area contributed by atoms with Crippen molar-refractivity contribution < 1.29 is 14.0 Å². The average Bonchev–Trinajstić information content (AvgIpc) is 2.64. The van der Waals surface area contributed by atoms with Gasteiger partial charge in [-0.05, 0) is 42.8 Å². The van der Waals surface area contributed by atoms with Crippen molar-refractivity contribution in [1.29, 1.82) is 0 Å². The molecule has 0 saturated carbocycles. The van der Waals surface area contributed by atoms with Crippen LogP contribution in [-0.4, -0.2) is 16.4 Å². The molecule has 0 radical (unpaired) electrons. The summed E-state index contributed by atoms with van der Waals surface area (Å²) >= 11 is 5.96. The van der Waals surface area contributed by atoms with Crippen LogP contribution in [0.25, 0.3) is 10.8 Å². The maximum absolute atomic E-state index is 13.1. The van der Waals surface area contributed by atoms with Gasteiger partial charge in [-0.25, -0.2) is 4.39 Å². The van der Waals surface area contributed by atoms with Crippen molar-refractivity contribution in [1.82, 2.24) is 4.57 Å². The van der Waals surface area contributed by atoms with Gasteiger partial charge in [-0.2, -0.15) is 0 Å². The molecule has 2 aromatic carbocycles. The number of carbonyl (C=O) groups is 2. The number of anilines is 1. The van der Waals surface area contributed by atoms with E-state index in [1.807, 2.05) is 0 Å². The van der Waals surface area contributed by atoms with Crippen molar-refractivity contribution in [2.45, 2.75) is 19.4 Å². The fraction of sp³-hybridized carbons (Fsp3) is 0.150. The number of fused-ring (bicyclic) bond motifs is 1. The van der Waals surface area contributed by atoms with E-state index in [-0.39, 0.29) is 22.9 Å². The summed E-state index contributed by atoms with van der Waals surface area (Å²) < 4.78 is 14.4. The van der Waals surface area contributed by atoms with Crippen molar-refractivity contribution in [2.24, 2.45) is 5.73 Å². The quantitative estimate of drug-likeness (QED) is 0.688. The summed E-state index contributed by atoms with van der Waals surface area (Å²) in [5.74, 6) is -1.47. The highest BCUT2D eigenvalue weighted by molar-refractivity contribution is 6.31. The van der Waals surface area contributed by atoms with Gasteiger partial charge in [0.1, 0.15) is 11.9 Å². The number of nitrogens with one attached hydrogen (secondary N) is 1. The molecule has 6 nitrogen and oxygen atoms in total. The van der Waals surface area contributed by atoms with Gasteiger partial charge in [0.25, 0.3) is 5.56 Å². The van der Waals surface area contributed by atoms with Gasteiger partial charge in [0, 0.05) is 27.7 Å². The molecule has 0 aliphatic rings. The van der Waals surface area contributed by atoms with Crippen LogP contribution in [0, 0.1) is 5.82 Å². The van der Waals surface area contributed by atoms with Crippen molar-refractivity contribution in [3.63, 3.8) is 0 Å². The van der Waals surface area contributed by atoms with Gasteiger partial charge >= 0.3 is 0 Å². The normalized spacial score (nSPS) is 12.0. The van der Waals surface area contributed by atoms with Gasteiger partial charge in [0.2, 0.25) is 11.8 Å². The molecular formula is C20H17ClFN3O3.